The molecule has 2 nitrogen and oxygen atoms in total. The Balaban J connectivity index is 2.40. The molecule has 0 unspecified atom stereocenters. The lowest BCUT2D eigenvalue weighted by Crippen LogP contribution is -2.24. The minimum Gasteiger partial charge on any atom is -0.310 e. The number of hydrogen-bond donors (Lipinski definition) is 0. The molecular formula is C27H41N2P. The Hall–Kier alpha value is -1.66. The SMILES string of the molecule is CC(C)P(C(C)C)N(C=Nc1ccc(C(C)(C)C)cc1)c1ccc(C(C)(C)C)cc1. The zero-order chi connectivity index (χ0) is 22.7. The highest BCUT2D eigenvalue weighted by molar-refractivity contribution is 7.61. The van der Waals surface area contributed by atoms with Crippen molar-refractivity contribution in [3.63, 3.8) is 0 Å². The third kappa shape index (κ3) is 6.42. The molecule has 0 radical (unpaired) electrons. The highest BCUT2D eigenvalue weighted by atomic mass is 31.1. The van der Waals surface area contributed by atoms with Gasteiger partial charge in [0, 0.05) is 13.8 Å². The van der Waals surface area contributed by atoms with Gasteiger partial charge in [-0.25, -0.2) is 4.99 Å². The van der Waals surface area contributed by atoms with Gasteiger partial charge in [0.1, 0.15) is 0 Å². The van der Waals surface area contributed by atoms with Gasteiger partial charge < -0.3 is 4.67 Å². The third-order valence-electron chi connectivity index (χ3n) is 5.35. The van der Waals surface area contributed by atoms with E-state index in [9.17, 15) is 0 Å². The van der Waals surface area contributed by atoms with Crippen LogP contribution in [-0.2, 0) is 10.8 Å². The largest absolute Gasteiger partial charge is 0.310 e. The fourth-order valence-electron chi connectivity index (χ4n) is 3.64. The fraction of sp³-hybridized carbons (Fsp3) is 0.519. The van der Waals surface area contributed by atoms with Crippen LogP contribution in [0.3, 0.4) is 0 Å². The fourth-order valence-corrected chi connectivity index (χ4v) is 6.40. The summed E-state index contributed by atoms with van der Waals surface area (Å²) in [7, 11) is -0.393. The van der Waals surface area contributed by atoms with Crippen molar-refractivity contribution in [1.29, 1.82) is 0 Å². The number of aliphatic imine (C=N–C) groups is 1. The molecule has 0 bridgehead atoms. The molecular weight excluding hydrogens is 383 g/mol. The normalized spacial score (nSPS) is 13.1. The first-order valence-corrected chi connectivity index (χ1v) is 12.6. The lowest BCUT2D eigenvalue weighted by Gasteiger charge is -2.36. The highest BCUT2D eigenvalue weighted by Crippen LogP contribution is 2.51. The smallest absolute Gasteiger partial charge is 0.0990 e. The Kier molecular flexibility index (Phi) is 7.91. The summed E-state index contributed by atoms with van der Waals surface area (Å²) in [6.45, 7) is 22.8. The van der Waals surface area contributed by atoms with Crippen LogP contribution in [0, 0.1) is 0 Å². The van der Waals surface area contributed by atoms with Crippen molar-refractivity contribution < 1.29 is 0 Å². The first kappa shape index (κ1) is 24.6. The predicted octanol–water partition coefficient (Wildman–Crippen LogP) is 8.66. The second-order valence-electron chi connectivity index (χ2n) is 10.8. The summed E-state index contributed by atoms with van der Waals surface area (Å²) in [4.78, 5) is 4.88. The zero-order valence-electron chi connectivity index (χ0n) is 20.7. The summed E-state index contributed by atoms with van der Waals surface area (Å²) in [6.07, 6.45) is 2.06. The minimum absolute atomic E-state index is 0.159. The van der Waals surface area contributed by atoms with E-state index in [1.165, 1.54) is 16.8 Å². The molecule has 2 rings (SSSR count). The predicted molar refractivity (Wildman–Crippen MR) is 138 cm³/mol. The molecule has 0 aliphatic rings. The summed E-state index contributed by atoms with van der Waals surface area (Å²) in [5.41, 5.74) is 6.41. The van der Waals surface area contributed by atoms with Crippen LogP contribution in [0.4, 0.5) is 11.4 Å². The maximum absolute atomic E-state index is 4.88. The third-order valence-corrected chi connectivity index (χ3v) is 8.30. The Bertz CT molecular complexity index is 811. The van der Waals surface area contributed by atoms with Crippen LogP contribution in [0.1, 0.15) is 80.4 Å². The standard InChI is InChI=1S/C27H41N2P/c1-20(2)30(21(3)4)29(25-17-13-23(14-18-25)27(8,9)10)19-28-24-15-11-22(12-16-24)26(5,6)7/h11-21H,1-10H3. The van der Waals surface area contributed by atoms with E-state index in [0.717, 1.165) is 5.69 Å². The van der Waals surface area contributed by atoms with Gasteiger partial charge >= 0.3 is 0 Å². The summed E-state index contributed by atoms with van der Waals surface area (Å²) in [5, 5.41) is 0. The van der Waals surface area contributed by atoms with Gasteiger partial charge in [-0.1, -0.05) is 93.5 Å². The van der Waals surface area contributed by atoms with Crippen LogP contribution >= 0.6 is 8.07 Å². The highest BCUT2D eigenvalue weighted by Gasteiger charge is 2.25. The van der Waals surface area contributed by atoms with Crippen LogP contribution < -0.4 is 4.67 Å². The van der Waals surface area contributed by atoms with Gasteiger partial charge in [-0.2, -0.15) is 0 Å². The Morgan fingerprint density at radius 2 is 1.10 bits per heavy atom. The maximum Gasteiger partial charge on any atom is 0.0990 e. The lowest BCUT2D eigenvalue weighted by molar-refractivity contribution is 0.590. The molecule has 0 spiro atoms. The molecule has 2 aromatic rings. The van der Waals surface area contributed by atoms with Crippen LogP contribution in [0.15, 0.2) is 53.5 Å². The average molecular weight is 425 g/mol. The van der Waals surface area contributed by atoms with Crippen LogP contribution in [0.5, 0.6) is 0 Å². The van der Waals surface area contributed by atoms with E-state index in [1.807, 2.05) is 0 Å². The molecule has 0 saturated heterocycles. The summed E-state index contributed by atoms with van der Waals surface area (Å²) in [5.74, 6) is 0. The molecule has 0 aliphatic carbocycles. The molecule has 0 amide bonds. The Labute approximate surface area is 186 Å². The van der Waals surface area contributed by atoms with E-state index in [4.69, 9.17) is 4.99 Å². The van der Waals surface area contributed by atoms with Gasteiger partial charge in [-0.15, -0.1) is 0 Å². The molecule has 164 valence electrons. The molecule has 3 heteroatoms. The number of rotatable bonds is 6. The van der Waals surface area contributed by atoms with Gasteiger partial charge in [-0.3, -0.25) is 0 Å². The number of hydrogen-bond acceptors (Lipinski definition) is 1. The summed E-state index contributed by atoms with van der Waals surface area (Å²) in [6, 6.07) is 17.7. The average Bonchev–Trinajstić information content (AvgIpc) is 2.63. The topological polar surface area (TPSA) is 15.6 Å². The number of nitrogens with zero attached hydrogens (tertiary/aromatic N) is 2. The number of benzene rings is 2. The summed E-state index contributed by atoms with van der Waals surface area (Å²) < 4.78 is 2.43. The van der Waals surface area contributed by atoms with Crippen LogP contribution in [-0.4, -0.2) is 17.7 Å². The van der Waals surface area contributed by atoms with Crippen molar-refractivity contribution in [1.82, 2.24) is 0 Å². The minimum atomic E-state index is -0.393. The Morgan fingerprint density at radius 3 is 1.47 bits per heavy atom. The monoisotopic (exact) mass is 424 g/mol. The maximum atomic E-state index is 4.88. The molecule has 0 saturated carbocycles. The van der Waals surface area contributed by atoms with Crippen molar-refractivity contribution in [2.24, 2.45) is 4.99 Å². The quantitative estimate of drug-likeness (QED) is 0.257. The molecule has 0 N–H and O–H groups in total. The van der Waals surface area contributed by atoms with E-state index in [-0.39, 0.29) is 10.8 Å². The second kappa shape index (κ2) is 9.65. The molecule has 2 aromatic carbocycles. The molecule has 0 fully saturated rings. The van der Waals surface area contributed by atoms with Crippen molar-refractivity contribution in [3.05, 3.63) is 59.7 Å². The molecule has 30 heavy (non-hydrogen) atoms. The van der Waals surface area contributed by atoms with Crippen molar-refractivity contribution in [3.8, 4) is 0 Å². The summed E-state index contributed by atoms with van der Waals surface area (Å²) >= 11 is 0. The van der Waals surface area contributed by atoms with E-state index < -0.39 is 8.07 Å². The zero-order valence-corrected chi connectivity index (χ0v) is 21.6. The molecule has 0 heterocycles. The van der Waals surface area contributed by atoms with Gasteiger partial charge in [0.15, 0.2) is 0 Å². The van der Waals surface area contributed by atoms with Gasteiger partial charge in [0.2, 0.25) is 0 Å². The first-order chi connectivity index (χ1) is 13.8. The van der Waals surface area contributed by atoms with E-state index in [2.05, 4.69) is 129 Å². The second-order valence-corrected chi connectivity index (χ2v) is 14.0. The van der Waals surface area contributed by atoms with E-state index >= 15 is 0 Å². The van der Waals surface area contributed by atoms with Crippen molar-refractivity contribution in [2.75, 3.05) is 4.67 Å². The van der Waals surface area contributed by atoms with E-state index in [0.29, 0.717) is 11.3 Å². The van der Waals surface area contributed by atoms with Crippen LogP contribution in [0.25, 0.3) is 0 Å². The van der Waals surface area contributed by atoms with Crippen molar-refractivity contribution in [2.45, 2.75) is 91.4 Å². The molecule has 0 aliphatic heterocycles. The first-order valence-electron chi connectivity index (χ1n) is 11.1. The molecule has 0 atom stereocenters. The molecule has 0 aromatic heterocycles. The van der Waals surface area contributed by atoms with Crippen LogP contribution in [0.2, 0.25) is 0 Å². The number of anilines is 1. The van der Waals surface area contributed by atoms with Gasteiger partial charge in [0.05, 0.1) is 12.0 Å². The van der Waals surface area contributed by atoms with E-state index in [1.54, 1.807) is 0 Å². The van der Waals surface area contributed by atoms with Gasteiger partial charge in [-0.05, 0) is 57.5 Å². The van der Waals surface area contributed by atoms with Gasteiger partial charge in [0.25, 0.3) is 0 Å². The Morgan fingerprint density at radius 1 is 0.700 bits per heavy atom. The lowest BCUT2D eigenvalue weighted by atomic mass is 9.87. The van der Waals surface area contributed by atoms with Crippen molar-refractivity contribution >= 4 is 25.8 Å².